The molecule has 3 N–H and O–H groups in total. The molecule has 7 heteroatoms. The predicted octanol–water partition coefficient (Wildman–Crippen LogP) is 4.09. The number of nitrogens with zero attached hydrogens (tertiary/aromatic N) is 1. The Morgan fingerprint density at radius 3 is 2.50 bits per heavy atom. The molecule has 1 fully saturated rings. The van der Waals surface area contributed by atoms with Crippen molar-refractivity contribution in [3.63, 3.8) is 0 Å². The first-order chi connectivity index (χ1) is 11.6. The number of amides is 2. The minimum Gasteiger partial charge on any atom is -0.336 e. The first kappa shape index (κ1) is 22.7. The Morgan fingerprint density at radius 1 is 1.31 bits per heavy atom. The number of hydrogen-bond donors (Lipinski definition) is 2. The molecule has 1 aliphatic heterocycles. The molecule has 1 saturated heterocycles. The van der Waals surface area contributed by atoms with Gasteiger partial charge < -0.3 is 16.0 Å². The van der Waals surface area contributed by atoms with Crippen molar-refractivity contribution in [2.75, 3.05) is 11.9 Å². The Bertz CT molecular complexity index is 659. The minimum absolute atomic E-state index is 0. The third kappa shape index (κ3) is 5.35. The molecule has 2 amide bonds. The van der Waals surface area contributed by atoms with Gasteiger partial charge in [0.2, 0.25) is 5.91 Å². The highest BCUT2D eigenvalue weighted by Gasteiger charge is 2.28. The highest BCUT2D eigenvalue weighted by molar-refractivity contribution is 6.34. The largest absolute Gasteiger partial charge is 0.336 e. The quantitative estimate of drug-likeness (QED) is 0.800. The zero-order valence-corrected chi connectivity index (χ0v) is 17.4. The zero-order chi connectivity index (χ0) is 18.8. The highest BCUT2D eigenvalue weighted by Crippen LogP contribution is 2.26. The predicted molar refractivity (Wildman–Crippen MR) is 109 cm³/mol. The van der Waals surface area contributed by atoms with E-state index in [1.54, 1.807) is 18.2 Å². The van der Waals surface area contributed by atoms with Crippen LogP contribution in [-0.4, -0.2) is 35.3 Å². The summed E-state index contributed by atoms with van der Waals surface area (Å²) in [6, 6.07) is 4.56. The van der Waals surface area contributed by atoms with Gasteiger partial charge in [0.25, 0.3) is 5.91 Å². The Kier molecular flexibility index (Phi) is 7.93. The fourth-order valence-electron chi connectivity index (χ4n) is 2.93. The average molecular weight is 402 g/mol. The number of carbonyl (C=O) groups excluding carboxylic acids is 2. The van der Waals surface area contributed by atoms with Gasteiger partial charge in [0, 0.05) is 18.3 Å². The number of hydrogen-bond acceptors (Lipinski definition) is 3. The van der Waals surface area contributed by atoms with Crippen LogP contribution in [0.4, 0.5) is 5.69 Å². The molecule has 2 atom stereocenters. The number of rotatable bonds is 3. The van der Waals surface area contributed by atoms with E-state index in [9.17, 15) is 9.59 Å². The van der Waals surface area contributed by atoms with Crippen molar-refractivity contribution in [2.24, 2.45) is 11.1 Å². The van der Waals surface area contributed by atoms with Gasteiger partial charge in [-0.15, -0.1) is 12.4 Å². The van der Waals surface area contributed by atoms with Crippen molar-refractivity contribution in [3.8, 4) is 0 Å². The molecule has 0 spiro atoms. The lowest BCUT2D eigenvalue weighted by Crippen LogP contribution is -2.45. The van der Waals surface area contributed by atoms with E-state index in [4.69, 9.17) is 17.3 Å². The molecule has 0 aromatic heterocycles. The van der Waals surface area contributed by atoms with Crippen LogP contribution < -0.4 is 11.1 Å². The summed E-state index contributed by atoms with van der Waals surface area (Å²) < 4.78 is 0. The summed E-state index contributed by atoms with van der Waals surface area (Å²) in [6.07, 6.45) is 3.19. The maximum atomic E-state index is 12.7. The van der Waals surface area contributed by atoms with Gasteiger partial charge in [-0.3, -0.25) is 9.59 Å². The first-order valence-corrected chi connectivity index (χ1v) is 9.16. The molecule has 0 aliphatic carbocycles. The minimum atomic E-state index is -0.637. The van der Waals surface area contributed by atoms with Gasteiger partial charge in [0.05, 0.1) is 16.6 Å². The first-order valence-electron chi connectivity index (χ1n) is 8.78. The molecule has 26 heavy (non-hydrogen) atoms. The van der Waals surface area contributed by atoms with Crippen LogP contribution in [0, 0.1) is 5.41 Å². The summed E-state index contributed by atoms with van der Waals surface area (Å²) in [6.45, 7) is 8.55. The summed E-state index contributed by atoms with van der Waals surface area (Å²) in [4.78, 5) is 26.8. The fourth-order valence-corrected chi connectivity index (χ4v) is 3.20. The van der Waals surface area contributed by atoms with Crippen LogP contribution in [0.25, 0.3) is 0 Å². The standard InChI is InChI=1S/C19H28ClN3O2.ClH/c1-12-7-5-6-10-23(12)18(25)14-9-8-13(11-15(14)20)22-17(24)16(21)19(2,3)4;/h8-9,11-12,16H,5-7,10,21H2,1-4H3,(H,22,24);1H/t12?,16-;/m1./s1. The molecule has 1 aromatic carbocycles. The number of anilines is 1. The van der Waals surface area contributed by atoms with Gasteiger partial charge in [-0.2, -0.15) is 0 Å². The Hall–Kier alpha value is -1.30. The number of piperidine rings is 1. The Balaban J connectivity index is 0.00000338. The van der Waals surface area contributed by atoms with Gasteiger partial charge in [0.15, 0.2) is 0 Å². The van der Waals surface area contributed by atoms with Crippen molar-refractivity contribution < 1.29 is 9.59 Å². The number of likely N-dealkylation sites (tertiary alicyclic amines) is 1. The zero-order valence-electron chi connectivity index (χ0n) is 15.8. The fraction of sp³-hybridized carbons (Fsp3) is 0.579. The van der Waals surface area contributed by atoms with Crippen molar-refractivity contribution >= 4 is 41.5 Å². The molecular weight excluding hydrogens is 373 g/mol. The van der Waals surface area contributed by atoms with Crippen LogP contribution in [0.2, 0.25) is 5.02 Å². The maximum absolute atomic E-state index is 12.7. The molecule has 1 aliphatic rings. The number of halogens is 2. The number of benzene rings is 1. The lowest BCUT2D eigenvalue weighted by molar-refractivity contribution is -0.119. The summed E-state index contributed by atoms with van der Waals surface area (Å²) in [5.74, 6) is -0.325. The Morgan fingerprint density at radius 2 is 1.96 bits per heavy atom. The molecule has 2 rings (SSSR count). The number of carbonyl (C=O) groups is 2. The summed E-state index contributed by atoms with van der Waals surface area (Å²) in [7, 11) is 0. The van der Waals surface area contributed by atoms with E-state index in [1.807, 2.05) is 25.7 Å². The van der Waals surface area contributed by atoms with Crippen molar-refractivity contribution in [1.82, 2.24) is 4.90 Å². The van der Waals surface area contributed by atoms with Gasteiger partial charge in [0.1, 0.15) is 0 Å². The molecule has 5 nitrogen and oxygen atoms in total. The van der Waals surface area contributed by atoms with Crippen molar-refractivity contribution in [1.29, 1.82) is 0 Å². The molecule has 1 heterocycles. The smallest absolute Gasteiger partial charge is 0.255 e. The summed E-state index contributed by atoms with van der Waals surface area (Å²) >= 11 is 6.31. The molecule has 1 unspecified atom stereocenters. The average Bonchev–Trinajstić information content (AvgIpc) is 2.53. The molecule has 1 aromatic rings. The van der Waals surface area contributed by atoms with Crippen molar-refractivity contribution in [3.05, 3.63) is 28.8 Å². The molecule has 0 bridgehead atoms. The third-order valence-electron chi connectivity index (χ3n) is 4.75. The van der Waals surface area contributed by atoms with Gasteiger partial charge in [-0.1, -0.05) is 32.4 Å². The van der Waals surface area contributed by atoms with E-state index in [-0.39, 0.29) is 35.7 Å². The van der Waals surface area contributed by atoms with Crippen LogP contribution in [0.1, 0.15) is 57.3 Å². The second kappa shape index (κ2) is 9.07. The highest BCUT2D eigenvalue weighted by atomic mass is 35.5. The van der Waals surface area contributed by atoms with Crippen LogP contribution >= 0.6 is 24.0 Å². The van der Waals surface area contributed by atoms with E-state index < -0.39 is 6.04 Å². The molecule has 146 valence electrons. The lowest BCUT2D eigenvalue weighted by Gasteiger charge is -2.33. The van der Waals surface area contributed by atoms with Gasteiger partial charge in [-0.05, 0) is 49.8 Å². The van der Waals surface area contributed by atoms with Crippen LogP contribution in [0.5, 0.6) is 0 Å². The molecule has 0 radical (unpaired) electrons. The second-order valence-corrected chi connectivity index (χ2v) is 8.28. The second-order valence-electron chi connectivity index (χ2n) is 7.87. The van der Waals surface area contributed by atoms with E-state index in [2.05, 4.69) is 12.2 Å². The summed E-state index contributed by atoms with van der Waals surface area (Å²) in [5.41, 5.74) is 6.63. The van der Waals surface area contributed by atoms with Crippen LogP contribution in [-0.2, 0) is 4.79 Å². The Labute approximate surface area is 167 Å². The van der Waals surface area contributed by atoms with Crippen LogP contribution in [0.15, 0.2) is 18.2 Å². The topological polar surface area (TPSA) is 75.4 Å². The van der Waals surface area contributed by atoms with Gasteiger partial charge >= 0.3 is 0 Å². The number of nitrogens with one attached hydrogen (secondary N) is 1. The normalized spacial score (nSPS) is 18.7. The van der Waals surface area contributed by atoms with E-state index in [0.717, 1.165) is 25.8 Å². The van der Waals surface area contributed by atoms with E-state index in [1.165, 1.54) is 0 Å². The maximum Gasteiger partial charge on any atom is 0.255 e. The monoisotopic (exact) mass is 401 g/mol. The van der Waals surface area contributed by atoms with Crippen LogP contribution in [0.3, 0.4) is 0 Å². The number of nitrogens with two attached hydrogens (primary N) is 1. The third-order valence-corrected chi connectivity index (χ3v) is 5.06. The van der Waals surface area contributed by atoms with Gasteiger partial charge in [-0.25, -0.2) is 0 Å². The van der Waals surface area contributed by atoms with E-state index >= 15 is 0 Å². The molecule has 0 saturated carbocycles. The van der Waals surface area contributed by atoms with Crippen molar-refractivity contribution in [2.45, 2.75) is 59.0 Å². The molecular formula is C19H29Cl2N3O2. The van der Waals surface area contributed by atoms with E-state index in [0.29, 0.717) is 16.3 Å². The SMILES string of the molecule is CC1CCCCN1C(=O)c1ccc(NC(=O)[C@@H](N)C(C)(C)C)cc1Cl.Cl. The lowest BCUT2D eigenvalue weighted by atomic mass is 9.87. The summed E-state index contributed by atoms with van der Waals surface area (Å²) in [5, 5.41) is 3.11.